The third-order valence-corrected chi connectivity index (χ3v) is 2.95. The first-order chi connectivity index (χ1) is 10.1. The van der Waals surface area contributed by atoms with Gasteiger partial charge in [0, 0.05) is 19.6 Å². The van der Waals surface area contributed by atoms with Crippen molar-refractivity contribution >= 4 is 5.97 Å². The van der Waals surface area contributed by atoms with Crippen LogP contribution in [0.2, 0.25) is 0 Å². The molecule has 5 heteroatoms. The highest BCUT2D eigenvalue weighted by atomic mass is 16.5. The SMILES string of the molecule is CC(C)COC(=O)c1cccc(CN(CCO)CCO)c1. The molecule has 1 aromatic carbocycles. The summed E-state index contributed by atoms with van der Waals surface area (Å²) in [6.07, 6.45) is 0. The summed E-state index contributed by atoms with van der Waals surface area (Å²) in [6, 6.07) is 7.26. The smallest absolute Gasteiger partial charge is 0.338 e. The van der Waals surface area contributed by atoms with Gasteiger partial charge < -0.3 is 14.9 Å². The minimum atomic E-state index is -0.318. The summed E-state index contributed by atoms with van der Waals surface area (Å²) < 4.78 is 5.21. The molecule has 0 spiro atoms. The number of benzene rings is 1. The van der Waals surface area contributed by atoms with E-state index in [0.717, 1.165) is 5.56 Å². The number of hydrogen-bond donors (Lipinski definition) is 2. The van der Waals surface area contributed by atoms with Crippen molar-refractivity contribution in [1.82, 2.24) is 4.90 Å². The van der Waals surface area contributed by atoms with E-state index >= 15 is 0 Å². The van der Waals surface area contributed by atoms with Crippen molar-refractivity contribution in [3.8, 4) is 0 Å². The summed E-state index contributed by atoms with van der Waals surface area (Å²) in [7, 11) is 0. The maximum absolute atomic E-state index is 11.9. The van der Waals surface area contributed by atoms with Crippen LogP contribution in [-0.4, -0.2) is 54.0 Å². The van der Waals surface area contributed by atoms with Gasteiger partial charge in [-0.3, -0.25) is 4.90 Å². The molecule has 0 amide bonds. The first kappa shape index (κ1) is 17.6. The topological polar surface area (TPSA) is 70.0 Å². The molecule has 1 rings (SSSR count). The van der Waals surface area contributed by atoms with E-state index in [1.165, 1.54) is 0 Å². The fourth-order valence-electron chi connectivity index (χ4n) is 1.93. The highest BCUT2D eigenvalue weighted by molar-refractivity contribution is 5.89. The van der Waals surface area contributed by atoms with E-state index < -0.39 is 0 Å². The average molecular weight is 295 g/mol. The second-order valence-corrected chi connectivity index (χ2v) is 5.42. The molecule has 0 aliphatic carbocycles. The van der Waals surface area contributed by atoms with Crippen LogP contribution in [0.1, 0.15) is 29.8 Å². The maximum atomic E-state index is 11.9. The van der Waals surface area contributed by atoms with E-state index in [4.69, 9.17) is 14.9 Å². The van der Waals surface area contributed by atoms with Crippen molar-refractivity contribution in [2.75, 3.05) is 32.9 Å². The lowest BCUT2D eigenvalue weighted by Gasteiger charge is -2.20. The Kier molecular flexibility index (Phi) is 7.97. The van der Waals surface area contributed by atoms with Crippen LogP contribution in [-0.2, 0) is 11.3 Å². The van der Waals surface area contributed by atoms with Gasteiger partial charge in [-0.25, -0.2) is 4.79 Å². The van der Waals surface area contributed by atoms with Crippen molar-refractivity contribution < 1.29 is 19.7 Å². The minimum Gasteiger partial charge on any atom is -0.462 e. The van der Waals surface area contributed by atoms with E-state index in [0.29, 0.717) is 37.7 Å². The number of aliphatic hydroxyl groups excluding tert-OH is 2. The molecule has 0 aromatic heterocycles. The predicted molar refractivity (Wildman–Crippen MR) is 81.0 cm³/mol. The normalized spacial score (nSPS) is 11.1. The van der Waals surface area contributed by atoms with Crippen LogP contribution in [0.25, 0.3) is 0 Å². The zero-order chi connectivity index (χ0) is 15.7. The van der Waals surface area contributed by atoms with Gasteiger partial charge in [0.2, 0.25) is 0 Å². The summed E-state index contributed by atoms with van der Waals surface area (Å²) >= 11 is 0. The monoisotopic (exact) mass is 295 g/mol. The number of carbonyl (C=O) groups excluding carboxylic acids is 1. The van der Waals surface area contributed by atoms with Crippen LogP contribution in [0.3, 0.4) is 0 Å². The second-order valence-electron chi connectivity index (χ2n) is 5.42. The Balaban J connectivity index is 2.68. The summed E-state index contributed by atoms with van der Waals surface area (Å²) in [5, 5.41) is 18.0. The van der Waals surface area contributed by atoms with Crippen LogP contribution in [0.15, 0.2) is 24.3 Å². The molecule has 0 aliphatic heterocycles. The Hall–Kier alpha value is -1.43. The molecule has 0 atom stereocenters. The number of rotatable bonds is 9. The lowest BCUT2D eigenvalue weighted by molar-refractivity contribution is 0.0458. The molecule has 0 heterocycles. The molecule has 0 fully saturated rings. The van der Waals surface area contributed by atoms with Crippen molar-refractivity contribution in [2.45, 2.75) is 20.4 Å². The molecule has 0 radical (unpaired) electrons. The van der Waals surface area contributed by atoms with Gasteiger partial charge in [-0.2, -0.15) is 0 Å². The Labute approximate surface area is 126 Å². The van der Waals surface area contributed by atoms with Crippen LogP contribution < -0.4 is 0 Å². The van der Waals surface area contributed by atoms with Crippen LogP contribution >= 0.6 is 0 Å². The quantitative estimate of drug-likeness (QED) is 0.672. The van der Waals surface area contributed by atoms with Gasteiger partial charge >= 0.3 is 5.97 Å². The van der Waals surface area contributed by atoms with Crippen molar-refractivity contribution in [3.05, 3.63) is 35.4 Å². The molecule has 0 saturated heterocycles. The highest BCUT2D eigenvalue weighted by Crippen LogP contribution is 2.10. The Morgan fingerprint density at radius 2 is 1.90 bits per heavy atom. The van der Waals surface area contributed by atoms with Gasteiger partial charge in [-0.1, -0.05) is 26.0 Å². The van der Waals surface area contributed by atoms with E-state index in [-0.39, 0.29) is 19.2 Å². The summed E-state index contributed by atoms with van der Waals surface area (Å²) in [4.78, 5) is 13.9. The zero-order valence-electron chi connectivity index (χ0n) is 12.8. The maximum Gasteiger partial charge on any atom is 0.338 e. The fourth-order valence-corrected chi connectivity index (χ4v) is 1.93. The molecule has 21 heavy (non-hydrogen) atoms. The molecule has 0 aliphatic rings. The van der Waals surface area contributed by atoms with Gasteiger partial charge in [0.05, 0.1) is 25.4 Å². The van der Waals surface area contributed by atoms with Crippen molar-refractivity contribution in [1.29, 1.82) is 0 Å². The number of hydrogen-bond acceptors (Lipinski definition) is 5. The molecular formula is C16H25NO4. The Morgan fingerprint density at radius 1 is 1.24 bits per heavy atom. The molecule has 0 saturated carbocycles. The molecule has 118 valence electrons. The summed E-state index contributed by atoms with van der Waals surface area (Å²) in [5.74, 6) is -0.0110. The lowest BCUT2D eigenvalue weighted by Crippen LogP contribution is -2.29. The lowest BCUT2D eigenvalue weighted by atomic mass is 10.1. The van der Waals surface area contributed by atoms with Crippen LogP contribution in [0, 0.1) is 5.92 Å². The number of esters is 1. The first-order valence-corrected chi connectivity index (χ1v) is 7.27. The van der Waals surface area contributed by atoms with E-state index in [1.807, 2.05) is 30.9 Å². The van der Waals surface area contributed by atoms with Gasteiger partial charge in [0.15, 0.2) is 0 Å². The van der Waals surface area contributed by atoms with Gasteiger partial charge in [0.25, 0.3) is 0 Å². The van der Waals surface area contributed by atoms with E-state index in [9.17, 15) is 4.79 Å². The van der Waals surface area contributed by atoms with Gasteiger partial charge in [0.1, 0.15) is 0 Å². The highest BCUT2D eigenvalue weighted by Gasteiger charge is 2.10. The van der Waals surface area contributed by atoms with Crippen LogP contribution in [0.4, 0.5) is 0 Å². The summed E-state index contributed by atoms with van der Waals surface area (Å²) in [5.41, 5.74) is 1.48. The van der Waals surface area contributed by atoms with Crippen LogP contribution in [0.5, 0.6) is 0 Å². The average Bonchev–Trinajstić information content (AvgIpc) is 2.45. The minimum absolute atomic E-state index is 0.0378. The van der Waals surface area contributed by atoms with Gasteiger partial charge in [-0.15, -0.1) is 0 Å². The number of aliphatic hydroxyl groups is 2. The molecular weight excluding hydrogens is 270 g/mol. The fraction of sp³-hybridized carbons (Fsp3) is 0.562. The molecule has 5 nitrogen and oxygen atoms in total. The van der Waals surface area contributed by atoms with Gasteiger partial charge in [-0.05, 0) is 23.6 Å². The van der Waals surface area contributed by atoms with E-state index in [1.54, 1.807) is 12.1 Å². The first-order valence-electron chi connectivity index (χ1n) is 7.27. The Morgan fingerprint density at radius 3 is 2.48 bits per heavy atom. The molecule has 0 unspecified atom stereocenters. The third kappa shape index (κ3) is 6.71. The third-order valence-electron chi connectivity index (χ3n) is 2.95. The second kappa shape index (κ2) is 9.50. The number of nitrogens with zero attached hydrogens (tertiary/aromatic N) is 1. The van der Waals surface area contributed by atoms with Crippen molar-refractivity contribution in [3.63, 3.8) is 0 Å². The zero-order valence-corrected chi connectivity index (χ0v) is 12.8. The molecule has 1 aromatic rings. The number of ether oxygens (including phenoxy) is 1. The predicted octanol–water partition coefficient (Wildman–Crippen LogP) is 1.29. The van der Waals surface area contributed by atoms with Crippen molar-refractivity contribution in [2.24, 2.45) is 5.92 Å². The Bertz CT molecular complexity index is 428. The summed E-state index contributed by atoms with van der Waals surface area (Å²) in [6.45, 7) is 6.02. The molecule has 0 bridgehead atoms. The molecule has 2 N–H and O–H groups in total. The standard InChI is InChI=1S/C16H25NO4/c1-13(2)12-21-16(20)15-5-3-4-14(10-15)11-17(6-8-18)7-9-19/h3-5,10,13,18-19H,6-9,11-12H2,1-2H3. The van der Waals surface area contributed by atoms with E-state index in [2.05, 4.69) is 0 Å². The largest absolute Gasteiger partial charge is 0.462 e. The number of carbonyl (C=O) groups is 1.